The molecule has 0 radical (unpaired) electrons. The summed E-state index contributed by atoms with van der Waals surface area (Å²) in [5, 5.41) is 45.9. The van der Waals surface area contributed by atoms with Crippen molar-refractivity contribution >= 4 is 5.97 Å². The molecule has 1 aromatic rings. The number of terminal acetylenes is 1. The molecule has 4 N–H and O–H groups in total. The van der Waals surface area contributed by atoms with E-state index in [1.165, 1.54) is 0 Å². The number of nitrogens with zero attached hydrogens (tertiary/aromatic N) is 3. The number of ether oxygens (including phenoxy) is 2. The van der Waals surface area contributed by atoms with Crippen LogP contribution < -0.4 is 0 Å². The van der Waals surface area contributed by atoms with Crippen molar-refractivity contribution < 1.29 is 34.7 Å². The van der Waals surface area contributed by atoms with E-state index >= 15 is 0 Å². The van der Waals surface area contributed by atoms with Crippen molar-refractivity contribution in [3.05, 3.63) is 11.4 Å². The van der Waals surface area contributed by atoms with Crippen LogP contribution in [0.5, 0.6) is 0 Å². The summed E-state index contributed by atoms with van der Waals surface area (Å²) in [4.78, 5) is 11.5. The largest absolute Gasteiger partial charge is 0.464 e. The number of carbonyl (C=O) groups excluding carboxylic acids is 1. The lowest BCUT2D eigenvalue weighted by Gasteiger charge is -2.25. The van der Waals surface area contributed by atoms with Gasteiger partial charge in [0.05, 0.1) is 13.7 Å². The van der Waals surface area contributed by atoms with E-state index in [9.17, 15) is 20.1 Å². The quantitative estimate of drug-likeness (QED) is 0.334. The lowest BCUT2D eigenvalue weighted by atomic mass is 10.1. The van der Waals surface area contributed by atoms with Gasteiger partial charge in [0.15, 0.2) is 11.8 Å². The molecule has 21 heavy (non-hydrogen) atoms. The van der Waals surface area contributed by atoms with E-state index in [-0.39, 0.29) is 11.4 Å². The number of esters is 1. The molecule has 10 nitrogen and oxygen atoms in total. The summed E-state index contributed by atoms with van der Waals surface area (Å²) in [6, 6.07) is 0. The first-order valence-electron chi connectivity index (χ1n) is 5.79. The topological polar surface area (TPSA) is 147 Å². The molecule has 0 amide bonds. The maximum absolute atomic E-state index is 11.5. The van der Waals surface area contributed by atoms with Gasteiger partial charge in [-0.2, -0.15) is 4.68 Å². The third kappa shape index (κ3) is 2.17. The lowest BCUT2D eigenvalue weighted by molar-refractivity contribution is -0.295. The van der Waals surface area contributed by atoms with Crippen LogP contribution >= 0.6 is 0 Å². The van der Waals surface area contributed by atoms with Gasteiger partial charge < -0.3 is 29.9 Å². The number of carbonyl (C=O) groups is 1. The monoisotopic (exact) mass is 299 g/mol. The fraction of sp³-hybridized carbons (Fsp3) is 0.545. The maximum atomic E-state index is 11.5. The number of methoxy groups -OCH3 is 1. The fourth-order valence-corrected chi connectivity index (χ4v) is 1.98. The average molecular weight is 299 g/mol. The average Bonchev–Trinajstić information content (AvgIpc) is 3.02. The van der Waals surface area contributed by atoms with Gasteiger partial charge in [-0.3, -0.25) is 0 Å². The van der Waals surface area contributed by atoms with Gasteiger partial charge in [0.2, 0.25) is 5.69 Å². The van der Waals surface area contributed by atoms with Crippen molar-refractivity contribution in [1.82, 2.24) is 15.0 Å². The van der Waals surface area contributed by atoms with Crippen LogP contribution in [-0.2, 0) is 15.4 Å². The van der Waals surface area contributed by atoms with Crippen molar-refractivity contribution in [2.45, 2.75) is 24.2 Å². The van der Waals surface area contributed by atoms with Gasteiger partial charge in [0, 0.05) is 0 Å². The number of rotatable bonds is 3. The molecular weight excluding hydrogens is 286 g/mol. The highest BCUT2D eigenvalue weighted by Gasteiger charge is 2.56. The van der Waals surface area contributed by atoms with Crippen LogP contribution in [0.25, 0.3) is 0 Å². The van der Waals surface area contributed by atoms with Crippen molar-refractivity contribution in [2.24, 2.45) is 0 Å². The minimum atomic E-state index is -2.58. The molecule has 10 heteroatoms. The van der Waals surface area contributed by atoms with Gasteiger partial charge >= 0.3 is 11.9 Å². The molecule has 1 saturated heterocycles. The Morgan fingerprint density at radius 3 is 2.76 bits per heavy atom. The van der Waals surface area contributed by atoms with Gasteiger partial charge in [0.1, 0.15) is 12.2 Å². The molecule has 1 aliphatic heterocycles. The first-order chi connectivity index (χ1) is 9.90. The highest BCUT2D eigenvalue weighted by molar-refractivity contribution is 5.89. The van der Waals surface area contributed by atoms with Crippen molar-refractivity contribution in [3.8, 4) is 12.3 Å². The molecule has 1 fully saturated rings. The third-order valence-electron chi connectivity index (χ3n) is 3.08. The molecule has 2 heterocycles. The Balaban J connectivity index is 2.50. The normalized spacial score (nSPS) is 31.9. The molecule has 114 valence electrons. The molecule has 0 unspecified atom stereocenters. The van der Waals surface area contributed by atoms with Crippen LogP contribution in [-0.4, -0.2) is 73.4 Å². The summed E-state index contributed by atoms with van der Waals surface area (Å²) in [7, 11) is 1.10. The minimum Gasteiger partial charge on any atom is -0.464 e. The van der Waals surface area contributed by atoms with E-state index in [0.29, 0.717) is 4.68 Å². The van der Waals surface area contributed by atoms with Gasteiger partial charge in [-0.1, -0.05) is 5.21 Å². The maximum Gasteiger partial charge on any atom is 0.361 e. The summed E-state index contributed by atoms with van der Waals surface area (Å²) in [6.07, 6.45) is 0.527. The predicted molar refractivity (Wildman–Crippen MR) is 63.5 cm³/mol. The SMILES string of the molecule is C#Cc1c(C(=O)OC)nnn1[C@@]1(O)O[C@H](CO)[C@@H](O)[C@H]1O. The molecule has 1 aliphatic rings. The Morgan fingerprint density at radius 1 is 1.62 bits per heavy atom. The summed E-state index contributed by atoms with van der Waals surface area (Å²) in [6.45, 7) is -0.662. The second kappa shape index (κ2) is 5.40. The van der Waals surface area contributed by atoms with Gasteiger partial charge in [-0.05, 0) is 5.92 Å². The summed E-state index contributed by atoms with van der Waals surface area (Å²) >= 11 is 0. The number of aromatic nitrogens is 3. The number of aliphatic hydroxyl groups is 4. The first kappa shape index (κ1) is 15.4. The second-order valence-electron chi connectivity index (χ2n) is 4.27. The van der Waals surface area contributed by atoms with Crippen LogP contribution in [0.4, 0.5) is 0 Å². The third-order valence-corrected chi connectivity index (χ3v) is 3.08. The van der Waals surface area contributed by atoms with Crippen LogP contribution in [0.3, 0.4) is 0 Å². The van der Waals surface area contributed by atoms with Crippen molar-refractivity contribution in [2.75, 3.05) is 13.7 Å². The molecule has 0 bridgehead atoms. The Kier molecular flexibility index (Phi) is 3.95. The predicted octanol–water partition coefficient (Wildman–Crippen LogP) is -3.24. The Labute approximate surface area is 118 Å². The van der Waals surface area contributed by atoms with Crippen LogP contribution in [0.2, 0.25) is 0 Å². The smallest absolute Gasteiger partial charge is 0.361 e. The van der Waals surface area contributed by atoms with E-state index in [4.69, 9.17) is 16.3 Å². The van der Waals surface area contributed by atoms with E-state index < -0.39 is 36.8 Å². The van der Waals surface area contributed by atoms with Gasteiger partial charge in [-0.15, -0.1) is 11.5 Å². The van der Waals surface area contributed by atoms with E-state index in [1.807, 2.05) is 0 Å². The molecule has 0 spiro atoms. The highest BCUT2D eigenvalue weighted by Crippen LogP contribution is 2.33. The summed E-state index contributed by atoms with van der Waals surface area (Å²) < 4.78 is 10.0. The van der Waals surface area contributed by atoms with Crippen LogP contribution in [0.1, 0.15) is 16.2 Å². The van der Waals surface area contributed by atoms with E-state index in [0.717, 1.165) is 7.11 Å². The highest BCUT2D eigenvalue weighted by atomic mass is 16.7. The van der Waals surface area contributed by atoms with Crippen LogP contribution in [0.15, 0.2) is 0 Å². The van der Waals surface area contributed by atoms with E-state index in [1.54, 1.807) is 0 Å². The fourth-order valence-electron chi connectivity index (χ4n) is 1.98. The van der Waals surface area contributed by atoms with Gasteiger partial charge in [0.25, 0.3) is 0 Å². The zero-order valence-corrected chi connectivity index (χ0v) is 10.9. The Morgan fingerprint density at radius 2 is 2.29 bits per heavy atom. The number of hydrogen-bond donors (Lipinski definition) is 4. The molecular formula is C11H13N3O7. The molecule has 0 aliphatic carbocycles. The zero-order chi connectivity index (χ0) is 15.8. The van der Waals surface area contributed by atoms with Crippen molar-refractivity contribution in [3.63, 3.8) is 0 Å². The summed E-state index contributed by atoms with van der Waals surface area (Å²) in [5.74, 6) is -1.40. The first-order valence-corrected chi connectivity index (χ1v) is 5.79. The second-order valence-corrected chi connectivity index (χ2v) is 4.27. The standard InChI is InChI=1S/C11H13N3O7/c1-3-5-7(10(18)20-2)12-13-14(5)11(19)9(17)8(16)6(4-15)21-11/h1,6,8-9,15-17,19H,4H2,2H3/t6-,8-,9-,11+/m1/s1. The Bertz CT molecular complexity index is 595. The van der Waals surface area contributed by atoms with E-state index in [2.05, 4.69) is 21.0 Å². The molecule has 0 aromatic carbocycles. The molecule has 4 atom stereocenters. The van der Waals surface area contributed by atoms with Crippen molar-refractivity contribution in [1.29, 1.82) is 0 Å². The molecule has 0 saturated carbocycles. The molecule has 2 rings (SSSR count). The summed E-state index contributed by atoms with van der Waals surface area (Å²) in [5.41, 5.74) is -0.680. The van der Waals surface area contributed by atoms with Gasteiger partial charge in [-0.25, -0.2) is 4.79 Å². The van der Waals surface area contributed by atoms with Crippen LogP contribution in [0, 0.1) is 12.3 Å². The minimum absolute atomic E-state index is 0.311. The molecule has 1 aromatic heterocycles. The number of hydrogen-bond acceptors (Lipinski definition) is 9. The Hall–Kier alpha value is -2.03. The number of aliphatic hydroxyl groups excluding tert-OH is 3. The zero-order valence-electron chi connectivity index (χ0n) is 10.9. The lowest BCUT2D eigenvalue weighted by Crippen LogP contribution is -2.47.